The number of nitrogens with zero attached hydrogens (tertiary/aromatic N) is 1. The van der Waals surface area contributed by atoms with Gasteiger partial charge in [-0.05, 0) is 49.8 Å². The standard InChI is InChI=1S/C15H23NO2/c1-12-7-8-14(18-2)15-13(12)6-5-10-16(15)9-3-4-11-17/h7-8,17H,3-6,9-11H2,1-2H3. The monoisotopic (exact) mass is 249 g/mol. The molecule has 1 N–H and O–H groups in total. The first kappa shape index (κ1) is 13.2. The summed E-state index contributed by atoms with van der Waals surface area (Å²) in [5, 5.41) is 8.89. The van der Waals surface area contributed by atoms with Crippen LogP contribution in [0.1, 0.15) is 30.4 Å². The maximum atomic E-state index is 8.89. The molecule has 100 valence electrons. The Kier molecular flexibility index (Phi) is 4.48. The molecule has 0 aromatic heterocycles. The predicted octanol–water partition coefficient (Wildman–Crippen LogP) is 2.53. The number of hydrogen-bond acceptors (Lipinski definition) is 3. The number of aliphatic hydroxyl groups is 1. The van der Waals surface area contributed by atoms with Crippen LogP contribution in [0, 0.1) is 6.92 Å². The van der Waals surface area contributed by atoms with Crippen LogP contribution in [0.5, 0.6) is 5.75 Å². The number of benzene rings is 1. The Morgan fingerprint density at radius 3 is 2.89 bits per heavy atom. The third kappa shape index (κ3) is 2.61. The lowest BCUT2D eigenvalue weighted by Gasteiger charge is -2.33. The van der Waals surface area contributed by atoms with Crippen LogP contribution in [-0.2, 0) is 6.42 Å². The van der Waals surface area contributed by atoms with E-state index in [2.05, 4.69) is 24.0 Å². The number of hydrogen-bond donors (Lipinski definition) is 1. The van der Waals surface area contributed by atoms with E-state index in [0.717, 1.165) is 38.1 Å². The fraction of sp³-hybridized carbons (Fsp3) is 0.600. The van der Waals surface area contributed by atoms with Crippen LogP contribution < -0.4 is 9.64 Å². The SMILES string of the molecule is COc1ccc(C)c2c1N(CCCCO)CCC2. The highest BCUT2D eigenvalue weighted by Crippen LogP contribution is 2.38. The summed E-state index contributed by atoms with van der Waals surface area (Å²) in [6.45, 7) is 4.56. The van der Waals surface area contributed by atoms with Crippen LogP contribution in [0.15, 0.2) is 12.1 Å². The summed E-state index contributed by atoms with van der Waals surface area (Å²) < 4.78 is 5.51. The van der Waals surface area contributed by atoms with E-state index in [-0.39, 0.29) is 6.61 Å². The van der Waals surface area contributed by atoms with Gasteiger partial charge in [-0.25, -0.2) is 0 Å². The van der Waals surface area contributed by atoms with Crippen molar-refractivity contribution in [3.05, 3.63) is 23.3 Å². The van der Waals surface area contributed by atoms with Crippen molar-refractivity contribution >= 4 is 5.69 Å². The number of aryl methyl sites for hydroxylation is 1. The maximum absolute atomic E-state index is 8.89. The average Bonchev–Trinajstić information content (AvgIpc) is 2.40. The Morgan fingerprint density at radius 1 is 1.33 bits per heavy atom. The van der Waals surface area contributed by atoms with Crippen molar-refractivity contribution in [1.82, 2.24) is 0 Å². The Morgan fingerprint density at radius 2 is 2.17 bits per heavy atom. The topological polar surface area (TPSA) is 32.7 Å². The van der Waals surface area contributed by atoms with Crippen LogP contribution in [0.2, 0.25) is 0 Å². The molecule has 1 heterocycles. The van der Waals surface area contributed by atoms with Crippen molar-refractivity contribution in [2.24, 2.45) is 0 Å². The zero-order chi connectivity index (χ0) is 13.0. The van der Waals surface area contributed by atoms with Gasteiger partial charge >= 0.3 is 0 Å². The van der Waals surface area contributed by atoms with Crippen LogP contribution >= 0.6 is 0 Å². The van der Waals surface area contributed by atoms with Gasteiger partial charge in [-0.2, -0.15) is 0 Å². The lowest BCUT2D eigenvalue weighted by atomic mass is 9.96. The average molecular weight is 249 g/mol. The second kappa shape index (κ2) is 6.10. The molecular formula is C15H23NO2. The van der Waals surface area contributed by atoms with E-state index in [4.69, 9.17) is 9.84 Å². The van der Waals surface area contributed by atoms with Gasteiger partial charge in [0.25, 0.3) is 0 Å². The smallest absolute Gasteiger partial charge is 0.142 e. The van der Waals surface area contributed by atoms with Gasteiger partial charge in [0.1, 0.15) is 5.75 Å². The van der Waals surface area contributed by atoms with Crippen LogP contribution in [0.25, 0.3) is 0 Å². The maximum Gasteiger partial charge on any atom is 0.142 e. The van der Waals surface area contributed by atoms with Gasteiger partial charge in [0.15, 0.2) is 0 Å². The molecule has 0 saturated carbocycles. The largest absolute Gasteiger partial charge is 0.495 e. The minimum absolute atomic E-state index is 0.283. The van der Waals surface area contributed by atoms with Crippen molar-refractivity contribution < 1.29 is 9.84 Å². The molecule has 0 spiro atoms. The molecule has 3 heteroatoms. The van der Waals surface area contributed by atoms with Gasteiger partial charge in [0.05, 0.1) is 12.8 Å². The first-order chi connectivity index (χ1) is 8.77. The fourth-order valence-electron chi connectivity index (χ4n) is 2.74. The lowest BCUT2D eigenvalue weighted by Crippen LogP contribution is -2.31. The summed E-state index contributed by atoms with van der Waals surface area (Å²) in [6.07, 6.45) is 4.27. The van der Waals surface area contributed by atoms with Crippen LogP contribution in [0.4, 0.5) is 5.69 Å². The number of ether oxygens (including phenoxy) is 1. The first-order valence-corrected chi connectivity index (χ1v) is 6.80. The van der Waals surface area contributed by atoms with Gasteiger partial charge < -0.3 is 14.7 Å². The normalized spacial score (nSPS) is 14.5. The molecule has 18 heavy (non-hydrogen) atoms. The molecule has 0 radical (unpaired) electrons. The van der Waals surface area contributed by atoms with Crippen molar-refractivity contribution in [3.8, 4) is 5.75 Å². The second-order valence-electron chi connectivity index (χ2n) is 4.93. The van der Waals surface area contributed by atoms with Crippen molar-refractivity contribution in [2.75, 3.05) is 31.7 Å². The molecule has 0 saturated heterocycles. The summed E-state index contributed by atoms with van der Waals surface area (Å²) in [7, 11) is 1.74. The third-order valence-corrected chi connectivity index (χ3v) is 3.71. The molecule has 1 aromatic carbocycles. The number of unbranched alkanes of at least 4 members (excludes halogenated alkanes) is 1. The third-order valence-electron chi connectivity index (χ3n) is 3.71. The lowest BCUT2D eigenvalue weighted by molar-refractivity contribution is 0.285. The zero-order valence-electron chi connectivity index (χ0n) is 11.4. The molecule has 1 aliphatic heterocycles. The van der Waals surface area contributed by atoms with Gasteiger partial charge in [0, 0.05) is 19.7 Å². The van der Waals surface area contributed by atoms with E-state index >= 15 is 0 Å². The zero-order valence-corrected chi connectivity index (χ0v) is 11.4. The molecule has 0 amide bonds. The van der Waals surface area contributed by atoms with Crippen molar-refractivity contribution in [1.29, 1.82) is 0 Å². The van der Waals surface area contributed by atoms with E-state index < -0.39 is 0 Å². The van der Waals surface area contributed by atoms with Gasteiger partial charge in [0.2, 0.25) is 0 Å². The molecule has 2 rings (SSSR count). The van der Waals surface area contributed by atoms with Crippen LogP contribution in [0.3, 0.4) is 0 Å². The number of anilines is 1. The summed E-state index contributed by atoms with van der Waals surface area (Å²) in [4.78, 5) is 2.42. The second-order valence-corrected chi connectivity index (χ2v) is 4.93. The molecule has 0 fully saturated rings. The van der Waals surface area contributed by atoms with E-state index in [1.54, 1.807) is 7.11 Å². The highest BCUT2D eigenvalue weighted by molar-refractivity contribution is 5.67. The molecule has 1 aromatic rings. The predicted molar refractivity (Wildman–Crippen MR) is 74.6 cm³/mol. The molecule has 0 atom stereocenters. The molecule has 0 unspecified atom stereocenters. The van der Waals surface area contributed by atoms with E-state index in [1.165, 1.54) is 23.2 Å². The van der Waals surface area contributed by atoms with E-state index in [0.29, 0.717) is 0 Å². The minimum atomic E-state index is 0.283. The van der Waals surface area contributed by atoms with Gasteiger partial charge in [-0.15, -0.1) is 0 Å². The quantitative estimate of drug-likeness (QED) is 0.814. The summed E-state index contributed by atoms with van der Waals surface area (Å²) in [5.41, 5.74) is 4.07. The van der Waals surface area contributed by atoms with Gasteiger partial charge in [-0.1, -0.05) is 6.07 Å². The Balaban J connectivity index is 2.25. The van der Waals surface area contributed by atoms with Crippen LogP contribution in [-0.4, -0.2) is 31.9 Å². The van der Waals surface area contributed by atoms with Crippen molar-refractivity contribution in [3.63, 3.8) is 0 Å². The molecular weight excluding hydrogens is 226 g/mol. The molecule has 3 nitrogen and oxygen atoms in total. The number of methoxy groups -OCH3 is 1. The molecule has 0 aliphatic carbocycles. The summed E-state index contributed by atoms with van der Waals surface area (Å²) >= 11 is 0. The number of rotatable bonds is 5. The molecule has 1 aliphatic rings. The Labute approximate surface area is 109 Å². The minimum Gasteiger partial charge on any atom is -0.495 e. The van der Waals surface area contributed by atoms with E-state index in [1.807, 2.05) is 0 Å². The summed E-state index contributed by atoms with van der Waals surface area (Å²) in [6, 6.07) is 4.22. The molecule has 0 bridgehead atoms. The van der Waals surface area contributed by atoms with E-state index in [9.17, 15) is 0 Å². The summed E-state index contributed by atoms with van der Waals surface area (Å²) in [5.74, 6) is 0.985. The Bertz CT molecular complexity index is 404. The van der Waals surface area contributed by atoms with Gasteiger partial charge in [-0.3, -0.25) is 0 Å². The number of aliphatic hydroxyl groups excluding tert-OH is 1. The first-order valence-electron chi connectivity index (χ1n) is 6.80. The fourth-order valence-corrected chi connectivity index (χ4v) is 2.74. The number of fused-ring (bicyclic) bond motifs is 1. The highest BCUT2D eigenvalue weighted by Gasteiger charge is 2.21. The Hall–Kier alpha value is -1.22. The highest BCUT2D eigenvalue weighted by atomic mass is 16.5. The van der Waals surface area contributed by atoms with Crippen molar-refractivity contribution in [2.45, 2.75) is 32.6 Å².